The van der Waals surface area contributed by atoms with Crippen LogP contribution in [0.3, 0.4) is 0 Å². The fourth-order valence-corrected chi connectivity index (χ4v) is 4.15. The van der Waals surface area contributed by atoms with E-state index in [1.165, 1.54) is 0 Å². The van der Waals surface area contributed by atoms with Crippen molar-refractivity contribution in [2.75, 3.05) is 6.61 Å². The van der Waals surface area contributed by atoms with Crippen LogP contribution in [0.5, 0.6) is 0 Å². The van der Waals surface area contributed by atoms with Gasteiger partial charge in [-0.2, -0.15) is 5.10 Å². The van der Waals surface area contributed by atoms with Crippen molar-refractivity contribution in [2.24, 2.45) is 18.0 Å². The molecule has 5 nitrogen and oxygen atoms in total. The van der Waals surface area contributed by atoms with Crippen LogP contribution in [-0.4, -0.2) is 28.1 Å². The summed E-state index contributed by atoms with van der Waals surface area (Å²) >= 11 is 13.0. The van der Waals surface area contributed by atoms with E-state index in [9.17, 15) is 4.79 Å². The quantitative estimate of drug-likeness (QED) is 0.697. The van der Waals surface area contributed by atoms with Gasteiger partial charge in [-0.1, -0.05) is 36.2 Å². The molecule has 2 unspecified atom stereocenters. The lowest BCUT2D eigenvalue weighted by Gasteiger charge is -2.31. The molecule has 0 saturated heterocycles. The van der Waals surface area contributed by atoms with Gasteiger partial charge in [-0.25, -0.2) is 4.99 Å². The number of benzene rings is 1. The summed E-state index contributed by atoms with van der Waals surface area (Å²) in [5.41, 5.74) is 3.04. The number of aliphatic imine (C=N–C) groups is 1. The molecule has 26 heavy (non-hydrogen) atoms. The lowest BCUT2D eigenvalue weighted by Crippen LogP contribution is -2.34. The van der Waals surface area contributed by atoms with Gasteiger partial charge < -0.3 is 4.74 Å². The van der Waals surface area contributed by atoms with Crippen molar-refractivity contribution in [3.8, 4) is 0 Å². The lowest BCUT2D eigenvalue weighted by atomic mass is 9.76. The van der Waals surface area contributed by atoms with E-state index in [0.29, 0.717) is 27.9 Å². The Morgan fingerprint density at radius 1 is 1.23 bits per heavy atom. The molecule has 0 saturated carbocycles. The zero-order valence-electron chi connectivity index (χ0n) is 15.2. The highest BCUT2D eigenvalue weighted by Gasteiger charge is 2.42. The molecule has 1 aromatic heterocycles. The van der Waals surface area contributed by atoms with E-state index in [1.54, 1.807) is 22.9 Å². The second-order valence-electron chi connectivity index (χ2n) is 6.46. The van der Waals surface area contributed by atoms with Crippen molar-refractivity contribution in [3.63, 3.8) is 0 Å². The zero-order chi connectivity index (χ0) is 19.0. The van der Waals surface area contributed by atoms with Crippen LogP contribution in [0.1, 0.15) is 43.0 Å². The third-order valence-electron chi connectivity index (χ3n) is 4.63. The van der Waals surface area contributed by atoms with Crippen LogP contribution in [0.2, 0.25) is 10.0 Å². The van der Waals surface area contributed by atoms with Crippen LogP contribution in [0, 0.1) is 12.8 Å². The number of carbonyl (C=O) groups is 1. The molecule has 0 amide bonds. The second-order valence-corrected chi connectivity index (χ2v) is 7.27. The summed E-state index contributed by atoms with van der Waals surface area (Å²) in [5.74, 6) is -0.570. The molecule has 1 aliphatic rings. The number of halogens is 2. The average molecular weight is 394 g/mol. The number of fused-ring (bicyclic) bond motifs is 1. The largest absolute Gasteiger partial charge is 0.465 e. The smallest absolute Gasteiger partial charge is 0.315 e. The minimum Gasteiger partial charge on any atom is -0.465 e. The molecule has 7 heteroatoms. The van der Waals surface area contributed by atoms with Gasteiger partial charge in [0.25, 0.3) is 0 Å². The Morgan fingerprint density at radius 3 is 2.50 bits per heavy atom. The number of ether oxygens (including phenoxy) is 1. The van der Waals surface area contributed by atoms with Crippen molar-refractivity contribution in [1.82, 2.24) is 9.78 Å². The Balaban J connectivity index is 2.24. The number of hydrogen-bond acceptors (Lipinski definition) is 4. The minimum absolute atomic E-state index is 0.317. The average Bonchev–Trinajstić information content (AvgIpc) is 2.86. The molecule has 2 atom stereocenters. The molecule has 1 aliphatic heterocycles. The normalized spacial score (nSPS) is 19.1. The standard InChI is InChI=1S/C19H21Cl2N3O2/c1-5-9-26-19(25)15-10(2)22-18-14(11(3)23-24(18)4)17(15)16-12(20)7-6-8-13(16)21/h6-8,15,17H,5,9H2,1-4H3. The number of aromatic nitrogens is 2. The summed E-state index contributed by atoms with van der Waals surface area (Å²) in [7, 11) is 1.84. The van der Waals surface area contributed by atoms with Gasteiger partial charge in [-0.3, -0.25) is 9.48 Å². The zero-order valence-corrected chi connectivity index (χ0v) is 16.7. The number of hydrogen-bond donors (Lipinski definition) is 0. The predicted octanol–water partition coefficient (Wildman–Crippen LogP) is 4.84. The van der Waals surface area contributed by atoms with Gasteiger partial charge in [0.15, 0.2) is 5.82 Å². The topological polar surface area (TPSA) is 56.5 Å². The van der Waals surface area contributed by atoms with E-state index in [0.717, 1.165) is 23.5 Å². The SMILES string of the molecule is CCCOC(=O)C1C(C)=Nc2c(c(C)nn2C)C1c1c(Cl)cccc1Cl. The summed E-state index contributed by atoms with van der Waals surface area (Å²) in [5, 5.41) is 5.52. The van der Waals surface area contributed by atoms with Crippen molar-refractivity contribution in [3.05, 3.63) is 45.1 Å². The van der Waals surface area contributed by atoms with Gasteiger partial charge >= 0.3 is 5.97 Å². The van der Waals surface area contributed by atoms with Crippen LogP contribution in [0.15, 0.2) is 23.2 Å². The third-order valence-corrected chi connectivity index (χ3v) is 5.29. The fourth-order valence-electron chi connectivity index (χ4n) is 3.52. The van der Waals surface area contributed by atoms with Crippen LogP contribution < -0.4 is 0 Å². The molecule has 0 bridgehead atoms. The van der Waals surface area contributed by atoms with Crippen molar-refractivity contribution < 1.29 is 9.53 Å². The Bertz CT molecular complexity index is 869. The maximum absolute atomic E-state index is 12.9. The molecule has 1 aromatic carbocycles. The fraction of sp³-hybridized carbons (Fsp3) is 0.421. The van der Waals surface area contributed by atoms with Gasteiger partial charge in [-0.05, 0) is 38.0 Å². The molecular weight excluding hydrogens is 373 g/mol. The highest BCUT2D eigenvalue weighted by atomic mass is 35.5. The van der Waals surface area contributed by atoms with E-state index in [4.69, 9.17) is 27.9 Å². The third kappa shape index (κ3) is 3.14. The number of esters is 1. The Kier molecular flexibility index (Phi) is 5.39. The van der Waals surface area contributed by atoms with E-state index >= 15 is 0 Å². The molecule has 0 aliphatic carbocycles. The first-order valence-electron chi connectivity index (χ1n) is 8.56. The summed E-state index contributed by atoms with van der Waals surface area (Å²) < 4.78 is 7.18. The molecule has 3 rings (SSSR count). The second kappa shape index (κ2) is 7.41. The number of nitrogens with zero attached hydrogens (tertiary/aromatic N) is 3. The summed E-state index contributed by atoms with van der Waals surface area (Å²) in [6.45, 7) is 6.06. The van der Waals surface area contributed by atoms with E-state index in [1.807, 2.05) is 27.8 Å². The van der Waals surface area contributed by atoms with E-state index < -0.39 is 5.92 Å². The van der Waals surface area contributed by atoms with E-state index in [2.05, 4.69) is 10.1 Å². The lowest BCUT2D eigenvalue weighted by molar-refractivity contribution is -0.146. The Morgan fingerprint density at radius 2 is 1.88 bits per heavy atom. The molecule has 0 fully saturated rings. The highest BCUT2D eigenvalue weighted by Crippen LogP contribution is 2.48. The van der Waals surface area contributed by atoms with Gasteiger partial charge in [0, 0.05) is 34.3 Å². The highest BCUT2D eigenvalue weighted by molar-refractivity contribution is 6.36. The molecule has 138 valence electrons. The maximum atomic E-state index is 12.9. The molecular formula is C19H21Cl2N3O2. The van der Waals surface area contributed by atoms with Gasteiger partial charge in [0.1, 0.15) is 5.92 Å². The van der Waals surface area contributed by atoms with Gasteiger partial charge in [0.05, 0.1) is 12.3 Å². The van der Waals surface area contributed by atoms with Gasteiger partial charge in [-0.15, -0.1) is 0 Å². The summed E-state index contributed by atoms with van der Waals surface area (Å²) in [6.07, 6.45) is 0.753. The van der Waals surface area contributed by atoms with Crippen molar-refractivity contribution in [2.45, 2.75) is 33.1 Å². The first-order valence-corrected chi connectivity index (χ1v) is 9.31. The Hall–Kier alpha value is -1.85. The Labute approximate surface area is 163 Å². The number of carbonyl (C=O) groups excluding carboxylic acids is 1. The molecule has 0 radical (unpaired) electrons. The number of aryl methyl sites for hydroxylation is 2. The molecule has 2 heterocycles. The minimum atomic E-state index is -0.589. The molecule has 2 aromatic rings. The van der Waals surface area contributed by atoms with Crippen molar-refractivity contribution >= 4 is 40.7 Å². The summed E-state index contributed by atoms with van der Waals surface area (Å²) in [4.78, 5) is 17.5. The van der Waals surface area contributed by atoms with Crippen LogP contribution in [0.4, 0.5) is 5.82 Å². The molecule has 0 N–H and O–H groups in total. The predicted molar refractivity (Wildman–Crippen MR) is 104 cm³/mol. The summed E-state index contributed by atoms with van der Waals surface area (Å²) in [6, 6.07) is 5.35. The first-order chi connectivity index (χ1) is 12.4. The maximum Gasteiger partial charge on any atom is 0.315 e. The van der Waals surface area contributed by atoms with Gasteiger partial charge in [0.2, 0.25) is 0 Å². The number of rotatable bonds is 4. The van der Waals surface area contributed by atoms with Crippen LogP contribution in [0.25, 0.3) is 0 Å². The molecule has 0 spiro atoms. The van der Waals surface area contributed by atoms with Crippen LogP contribution in [-0.2, 0) is 16.6 Å². The monoisotopic (exact) mass is 393 g/mol. The van der Waals surface area contributed by atoms with Crippen molar-refractivity contribution in [1.29, 1.82) is 0 Å². The first kappa shape index (κ1) is 18.9. The van der Waals surface area contributed by atoms with Crippen LogP contribution >= 0.6 is 23.2 Å². The van der Waals surface area contributed by atoms with E-state index in [-0.39, 0.29) is 11.9 Å².